The van der Waals surface area contributed by atoms with Crippen LogP contribution in [0.15, 0.2) is 29.4 Å². The van der Waals surface area contributed by atoms with Gasteiger partial charge in [-0.05, 0) is 89.1 Å². The van der Waals surface area contributed by atoms with E-state index in [1.807, 2.05) is 20.8 Å². The molecule has 1 aromatic carbocycles. The Labute approximate surface area is 175 Å². The van der Waals surface area contributed by atoms with Crippen LogP contribution >= 0.6 is 0 Å². The van der Waals surface area contributed by atoms with Crippen LogP contribution in [-0.4, -0.2) is 55.4 Å². The third kappa shape index (κ3) is 6.46. The molecule has 0 radical (unpaired) electrons. The first-order chi connectivity index (χ1) is 13.8. The Morgan fingerprint density at radius 2 is 1.62 bits per heavy atom. The molecular weight excluding hydrogens is 364 g/mol. The van der Waals surface area contributed by atoms with Crippen LogP contribution in [0.5, 0.6) is 0 Å². The lowest BCUT2D eigenvalue weighted by Gasteiger charge is -2.40. The summed E-state index contributed by atoms with van der Waals surface area (Å²) in [4.78, 5) is 16.8. The van der Waals surface area contributed by atoms with E-state index in [1.165, 1.54) is 31.4 Å². The first-order valence-corrected chi connectivity index (χ1v) is 10.9. The first kappa shape index (κ1) is 21.6. The molecule has 2 aliphatic heterocycles. The monoisotopic (exact) mass is 400 g/mol. The standard InChI is InChI=1S/C23H36N4O2/c1-23(2,3)29-22(28)17-26-12-8-19(9-13-26)20-10-14-27(15-11-20)21-6-4-18(5-7-21)16-25-24/h4-7,16,19-20H,8-15,17,24H2,1-3H3. The smallest absolute Gasteiger partial charge is 0.320 e. The van der Waals surface area contributed by atoms with Gasteiger partial charge < -0.3 is 15.5 Å². The number of rotatable bonds is 5. The number of carbonyl (C=O) groups is 1. The second-order valence-corrected chi connectivity index (χ2v) is 9.39. The van der Waals surface area contributed by atoms with Crippen molar-refractivity contribution in [3.05, 3.63) is 29.8 Å². The van der Waals surface area contributed by atoms with E-state index in [2.05, 4.69) is 39.2 Å². The van der Waals surface area contributed by atoms with Gasteiger partial charge in [0.05, 0.1) is 12.8 Å². The van der Waals surface area contributed by atoms with Crippen LogP contribution in [0.4, 0.5) is 5.69 Å². The fraction of sp³-hybridized carbons (Fsp3) is 0.652. The molecule has 3 rings (SSSR count). The molecule has 160 valence electrons. The predicted octanol–water partition coefficient (Wildman–Crippen LogP) is 3.25. The van der Waals surface area contributed by atoms with E-state index in [4.69, 9.17) is 10.6 Å². The molecule has 0 atom stereocenters. The number of benzene rings is 1. The molecule has 2 saturated heterocycles. The molecule has 0 saturated carbocycles. The van der Waals surface area contributed by atoms with Crippen LogP contribution in [0, 0.1) is 11.8 Å². The SMILES string of the molecule is CC(C)(C)OC(=O)CN1CCC(C2CCN(c3ccc(C=NN)cc3)CC2)CC1. The van der Waals surface area contributed by atoms with E-state index in [0.29, 0.717) is 6.54 Å². The molecule has 2 fully saturated rings. The quantitative estimate of drug-likeness (QED) is 0.356. The normalized spacial score (nSPS) is 20.3. The average Bonchev–Trinajstić information content (AvgIpc) is 2.68. The van der Waals surface area contributed by atoms with Crippen LogP contribution in [0.25, 0.3) is 0 Å². The van der Waals surface area contributed by atoms with Crippen molar-refractivity contribution < 1.29 is 9.53 Å². The minimum atomic E-state index is -0.401. The van der Waals surface area contributed by atoms with Gasteiger partial charge in [0, 0.05) is 18.8 Å². The van der Waals surface area contributed by atoms with Gasteiger partial charge in [-0.1, -0.05) is 12.1 Å². The minimum absolute atomic E-state index is 0.104. The lowest BCUT2D eigenvalue weighted by atomic mass is 9.78. The maximum atomic E-state index is 12.1. The van der Waals surface area contributed by atoms with Crippen LogP contribution in [0.3, 0.4) is 0 Å². The Kier molecular flexibility index (Phi) is 7.17. The third-order valence-corrected chi connectivity index (χ3v) is 6.09. The molecule has 2 N–H and O–H groups in total. The van der Waals surface area contributed by atoms with Crippen molar-refractivity contribution in [3.8, 4) is 0 Å². The summed E-state index contributed by atoms with van der Waals surface area (Å²) in [6.45, 7) is 10.4. The number of nitrogens with zero attached hydrogens (tertiary/aromatic N) is 3. The van der Waals surface area contributed by atoms with E-state index >= 15 is 0 Å². The number of ether oxygens (including phenoxy) is 1. The number of esters is 1. The van der Waals surface area contributed by atoms with Gasteiger partial charge in [0.25, 0.3) is 0 Å². The summed E-state index contributed by atoms with van der Waals surface area (Å²) in [5.74, 6) is 6.70. The maximum absolute atomic E-state index is 12.1. The Hall–Kier alpha value is -2.08. The van der Waals surface area contributed by atoms with E-state index in [9.17, 15) is 4.79 Å². The summed E-state index contributed by atoms with van der Waals surface area (Å²) in [5, 5.41) is 3.58. The molecule has 0 bridgehead atoms. The summed E-state index contributed by atoms with van der Waals surface area (Å²) in [5.41, 5.74) is 1.91. The molecule has 0 aromatic heterocycles. The van der Waals surface area contributed by atoms with Gasteiger partial charge in [0.15, 0.2) is 0 Å². The molecular formula is C23H36N4O2. The third-order valence-electron chi connectivity index (χ3n) is 6.09. The Morgan fingerprint density at radius 3 is 2.14 bits per heavy atom. The highest BCUT2D eigenvalue weighted by Gasteiger charge is 2.30. The zero-order chi connectivity index (χ0) is 20.9. The summed E-state index contributed by atoms with van der Waals surface area (Å²) in [7, 11) is 0. The molecule has 1 aromatic rings. The fourth-order valence-electron chi connectivity index (χ4n) is 4.63. The number of hydrazone groups is 1. The summed E-state index contributed by atoms with van der Waals surface area (Å²) < 4.78 is 5.46. The molecule has 6 nitrogen and oxygen atoms in total. The number of carbonyl (C=O) groups excluding carboxylic acids is 1. The van der Waals surface area contributed by atoms with Gasteiger partial charge in [-0.15, -0.1) is 0 Å². The lowest BCUT2D eigenvalue weighted by molar-refractivity contribution is -0.156. The largest absolute Gasteiger partial charge is 0.459 e. The Bertz CT molecular complexity index is 680. The summed E-state index contributed by atoms with van der Waals surface area (Å²) in [6.07, 6.45) is 6.57. The molecule has 6 heteroatoms. The van der Waals surface area contributed by atoms with Crippen molar-refractivity contribution in [2.24, 2.45) is 22.8 Å². The van der Waals surface area contributed by atoms with Crippen molar-refractivity contribution in [2.45, 2.75) is 52.1 Å². The van der Waals surface area contributed by atoms with Crippen LogP contribution < -0.4 is 10.7 Å². The van der Waals surface area contributed by atoms with Gasteiger partial charge in [0.2, 0.25) is 0 Å². The first-order valence-electron chi connectivity index (χ1n) is 10.9. The number of piperidine rings is 2. The predicted molar refractivity (Wildman–Crippen MR) is 118 cm³/mol. The molecule has 29 heavy (non-hydrogen) atoms. The van der Waals surface area contributed by atoms with Crippen molar-refractivity contribution in [2.75, 3.05) is 37.6 Å². The molecule has 0 spiro atoms. The van der Waals surface area contributed by atoms with Gasteiger partial charge in [-0.25, -0.2) is 0 Å². The fourth-order valence-corrected chi connectivity index (χ4v) is 4.63. The van der Waals surface area contributed by atoms with Gasteiger partial charge in [-0.2, -0.15) is 5.10 Å². The molecule has 0 aliphatic carbocycles. The van der Waals surface area contributed by atoms with E-state index in [-0.39, 0.29) is 5.97 Å². The molecule has 2 aliphatic rings. The summed E-state index contributed by atoms with van der Waals surface area (Å²) >= 11 is 0. The zero-order valence-corrected chi connectivity index (χ0v) is 18.1. The van der Waals surface area contributed by atoms with Crippen molar-refractivity contribution in [1.82, 2.24) is 4.90 Å². The number of likely N-dealkylation sites (tertiary alicyclic amines) is 1. The minimum Gasteiger partial charge on any atom is -0.459 e. The van der Waals surface area contributed by atoms with Gasteiger partial charge in [0.1, 0.15) is 5.60 Å². The second kappa shape index (κ2) is 9.61. The highest BCUT2D eigenvalue weighted by Crippen LogP contribution is 2.34. The molecule has 0 unspecified atom stereocenters. The van der Waals surface area contributed by atoms with Gasteiger partial charge >= 0.3 is 5.97 Å². The van der Waals surface area contributed by atoms with E-state index in [1.54, 1.807) is 6.21 Å². The number of anilines is 1. The van der Waals surface area contributed by atoms with Crippen molar-refractivity contribution in [1.29, 1.82) is 0 Å². The van der Waals surface area contributed by atoms with Crippen LogP contribution in [0.2, 0.25) is 0 Å². The van der Waals surface area contributed by atoms with Crippen LogP contribution in [0.1, 0.15) is 52.0 Å². The zero-order valence-electron chi connectivity index (χ0n) is 18.1. The van der Waals surface area contributed by atoms with Crippen molar-refractivity contribution >= 4 is 17.9 Å². The highest BCUT2D eigenvalue weighted by atomic mass is 16.6. The van der Waals surface area contributed by atoms with Gasteiger partial charge in [-0.3, -0.25) is 9.69 Å². The number of hydrogen-bond donors (Lipinski definition) is 1. The maximum Gasteiger partial charge on any atom is 0.320 e. The topological polar surface area (TPSA) is 71.2 Å². The number of hydrogen-bond acceptors (Lipinski definition) is 6. The highest BCUT2D eigenvalue weighted by molar-refractivity contribution is 5.80. The average molecular weight is 401 g/mol. The number of nitrogens with two attached hydrogens (primary N) is 1. The van der Waals surface area contributed by atoms with E-state index < -0.39 is 5.60 Å². The van der Waals surface area contributed by atoms with Crippen molar-refractivity contribution in [3.63, 3.8) is 0 Å². The second-order valence-electron chi connectivity index (χ2n) is 9.39. The van der Waals surface area contributed by atoms with Crippen LogP contribution in [-0.2, 0) is 9.53 Å². The molecule has 2 heterocycles. The lowest BCUT2D eigenvalue weighted by Crippen LogP contribution is -2.43. The Morgan fingerprint density at radius 1 is 1.07 bits per heavy atom. The van der Waals surface area contributed by atoms with E-state index in [0.717, 1.165) is 43.6 Å². The summed E-state index contributed by atoms with van der Waals surface area (Å²) in [6, 6.07) is 8.45. The molecule has 0 amide bonds. The Balaban J connectivity index is 1.41.